The maximum atomic E-state index is 14.2. The lowest BCUT2D eigenvalue weighted by molar-refractivity contribution is -0.124. The second-order valence-electron chi connectivity index (χ2n) is 12.6. The molecule has 37 heavy (non-hydrogen) atoms. The van der Waals surface area contributed by atoms with Gasteiger partial charge in [0, 0.05) is 22.8 Å². The Morgan fingerprint density at radius 3 is 2.27 bits per heavy atom. The van der Waals surface area contributed by atoms with Crippen molar-refractivity contribution in [1.82, 2.24) is 15.2 Å². The average molecular weight is 527 g/mol. The fourth-order valence-electron chi connectivity index (χ4n) is 6.82. The molecule has 1 amide bonds. The number of carbonyl (C=O) groups excluding carboxylic acids is 1. The molecular weight excluding hydrogens is 484 g/mol. The zero-order valence-corrected chi connectivity index (χ0v) is 23.4. The standard InChI is InChI=1S/C29H42N4O3S/c1-18-4-6-21(7-5-18)27(34)33(22-10-8-20(9-11-22)26-30-17-31-32-26)23-16-24(37-25(23)28(35)36)19-12-14-29(2,3)15-13-19/h16-22H,4-15H2,1-3H3,(H,35,36)(H,30,31,32). The minimum absolute atomic E-state index is 0.0117. The Balaban J connectivity index is 1.44. The number of hydrogen-bond donors (Lipinski definition) is 2. The summed E-state index contributed by atoms with van der Waals surface area (Å²) in [7, 11) is 0. The Kier molecular flexibility index (Phi) is 7.75. The highest BCUT2D eigenvalue weighted by atomic mass is 32.1. The smallest absolute Gasteiger partial charge is 0.348 e. The fourth-order valence-corrected chi connectivity index (χ4v) is 7.98. The zero-order chi connectivity index (χ0) is 26.2. The molecule has 0 saturated heterocycles. The SMILES string of the molecule is CC1CCC(C(=O)N(c2cc(C3CCC(C)(C)CC3)sc2C(=O)O)C2CCC(c3nc[nH]n3)CC2)CC1. The molecule has 3 aliphatic rings. The van der Waals surface area contributed by atoms with E-state index in [1.54, 1.807) is 6.33 Å². The maximum absolute atomic E-state index is 14.2. The number of hydrogen-bond acceptors (Lipinski definition) is 5. The predicted molar refractivity (Wildman–Crippen MR) is 146 cm³/mol. The van der Waals surface area contributed by atoms with Gasteiger partial charge in [-0.15, -0.1) is 11.3 Å². The minimum Gasteiger partial charge on any atom is -0.477 e. The van der Waals surface area contributed by atoms with Crippen LogP contribution in [-0.4, -0.2) is 38.2 Å². The van der Waals surface area contributed by atoms with Gasteiger partial charge in [0.1, 0.15) is 11.2 Å². The molecular formula is C29H42N4O3S. The van der Waals surface area contributed by atoms with Crippen molar-refractivity contribution in [2.24, 2.45) is 17.3 Å². The number of anilines is 1. The van der Waals surface area contributed by atoms with E-state index in [1.807, 2.05) is 4.90 Å². The number of nitrogens with zero attached hydrogens (tertiary/aromatic N) is 3. The lowest BCUT2D eigenvalue weighted by atomic mass is 9.73. The first-order valence-corrected chi connectivity index (χ1v) is 15.1. The second-order valence-corrected chi connectivity index (χ2v) is 13.7. The zero-order valence-electron chi connectivity index (χ0n) is 22.5. The first-order valence-electron chi connectivity index (χ1n) is 14.3. The van der Waals surface area contributed by atoms with Gasteiger partial charge in [-0.3, -0.25) is 9.89 Å². The molecule has 0 unspecified atom stereocenters. The molecule has 3 aliphatic carbocycles. The van der Waals surface area contributed by atoms with Crippen molar-refractivity contribution in [2.75, 3.05) is 4.90 Å². The monoisotopic (exact) mass is 526 g/mol. The summed E-state index contributed by atoms with van der Waals surface area (Å²) >= 11 is 1.41. The van der Waals surface area contributed by atoms with Gasteiger partial charge in [0.05, 0.1) is 5.69 Å². The molecule has 0 aliphatic heterocycles. The van der Waals surface area contributed by atoms with Crippen LogP contribution in [0.3, 0.4) is 0 Å². The van der Waals surface area contributed by atoms with Crippen molar-refractivity contribution in [1.29, 1.82) is 0 Å². The largest absolute Gasteiger partial charge is 0.477 e. The Bertz CT molecular complexity index is 1070. The molecule has 2 aromatic heterocycles. The quantitative estimate of drug-likeness (QED) is 0.417. The van der Waals surface area contributed by atoms with E-state index in [1.165, 1.54) is 11.3 Å². The van der Waals surface area contributed by atoms with Gasteiger partial charge >= 0.3 is 5.97 Å². The molecule has 8 heteroatoms. The van der Waals surface area contributed by atoms with Crippen LogP contribution in [0.25, 0.3) is 0 Å². The van der Waals surface area contributed by atoms with E-state index in [9.17, 15) is 14.7 Å². The van der Waals surface area contributed by atoms with Gasteiger partial charge in [0.25, 0.3) is 0 Å². The maximum Gasteiger partial charge on any atom is 0.348 e. The molecule has 2 aromatic rings. The van der Waals surface area contributed by atoms with Gasteiger partial charge in [-0.05, 0) is 100 Å². The molecule has 2 heterocycles. The van der Waals surface area contributed by atoms with E-state index in [-0.39, 0.29) is 23.8 Å². The van der Waals surface area contributed by atoms with E-state index >= 15 is 0 Å². The van der Waals surface area contributed by atoms with Gasteiger partial charge in [-0.2, -0.15) is 5.10 Å². The Labute approximate surface area is 224 Å². The molecule has 0 radical (unpaired) electrons. The van der Waals surface area contributed by atoms with Crippen molar-refractivity contribution in [3.63, 3.8) is 0 Å². The normalized spacial score (nSPS) is 28.6. The van der Waals surface area contributed by atoms with Gasteiger partial charge in [-0.1, -0.05) is 20.8 Å². The van der Waals surface area contributed by atoms with Gasteiger partial charge in [0.2, 0.25) is 5.91 Å². The number of carboxylic acid groups (broad SMARTS) is 1. The van der Waals surface area contributed by atoms with E-state index in [4.69, 9.17) is 0 Å². The Hall–Kier alpha value is -2.22. The van der Waals surface area contributed by atoms with Crippen LogP contribution in [0.15, 0.2) is 12.4 Å². The molecule has 0 bridgehead atoms. The number of rotatable bonds is 6. The number of aromatic nitrogens is 3. The molecule has 202 valence electrons. The summed E-state index contributed by atoms with van der Waals surface area (Å²) in [5, 5.41) is 17.4. The van der Waals surface area contributed by atoms with Crippen LogP contribution in [0.5, 0.6) is 0 Å². The van der Waals surface area contributed by atoms with E-state index < -0.39 is 5.97 Å². The van der Waals surface area contributed by atoms with Gasteiger partial charge < -0.3 is 10.0 Å². The lowest BCUT2D eigenvalue weighted by Gasteiger charge is -2.39. The van der Waals surface area contributed by atoms with Crippen LogP contribution >= 0.6 is 11.3 Å². The summed E-state index contributed by atoms with van der Waals surface area (Å²) in [6, 6.07) is 2.11. The minimum atomic E-state index is -0.910. The van der Waals surface area contributed by atoms with Gasteiger partial charge in [0.15, 0.2) is 5.82 Å². The second kappa shape index (κ2) is 10.9. The number of carboxylic acids is 1. The summed E-state index contributed by atoms with van der Waals surface area (Å²) in [6.45, 7) is 6.92. The number of H-pyrrole nitrogens is 1. The highest BCUT2D eigenvalue weighted by Gasteiger charge is 2.39. The van der Waals surface area contributed by atoms with Crippen molar-refractivity contribution in [3.05, 3.63) is 28.0 Å². The number of aromatic amines is 1. The Morgan fingerprint density at radius 1 is 1.00 bits per heavy atom. The average Bonchev–Trinajstić information content (AvgIpc) is 3.56. The van der Waals surface area contributed by atoms with Crippen LogP contribution < -0.4 is 4.90 Å². The third kappa shape index (κ3) is 5.79. The highest BCUT2D eigenvalue weighted by molar-refractivity contribution is 7.14. The highest BCUT2D eigenvalue weighted by Crippen LogP contribution is 2.47. The van der Waals surface area contributed by atoms with Crippen LogP contribution in [0.2, 0.25) is 0 Å². The first kappa shape index (κ1) is 26.4. The molecule has 0 atom stereocenters. The lowest BCUT2D eigenvalue weighted by Crippen LogP contribution is -2.46. The molecule has 7 nitrogen and oxygen atoms in total. The van der Waals surface area contributed by atoms with Crippen molar-refractivity contribution in [3.8, 4) is 0 Å². The van der Waals surface area contributed by atoms with Crippen LogP contribution in [0.4, 0.5) is 5.69 Å². The number of aromatic carboxylic acids is 1. The van der Waals surface area contributed by atoms with Crippen LogP contribution in [-0.2, 0) is 4.79 Å². The fraction of sp³-hybridized carbons (Fsp3) is 0.724. The third-order valence-electron chi connectivity index (χ3n) is 9.39. The van der Waals surface area contributed by atoms with Crippen molar-refractivity contribution in [2.45, 2.75) is 116 Å². The van der Waals surface area contributed by atoms with Crippen LogP contribution in [0, 0.1) is 17.3 Å². The summed E-state index contributed by atoms with van der Waals surface area (Å²) in [5.74, 6) is 1.41. The number of nitrogens with one attached hydrogen (secondary N) is 1. The van der Waals surface area contributed by atoms with E-state index in [0.29, 0.717) is 27.8 Å². The molecule has 3 saturated carbocycles. The third-order valence-corrected chi connectivity index (χ3v) is 10.7. The van der Waals surface area contributed by atoms with Crippen molar-refractivity contribution >= 4 is 28.9 Å². The summed E-state index contributed by atoms with van der Waals surface area (Å²) in [5.41, 5.74) is 1.01. The van der Waals surface area contributed by atoms with Crippen LogP contribution in [0.1, 0.15) is 130 Å². The molecule has 0 spiro atoms. The summed E-state index contributed by atoms with van der Waals surface area (Å²) in [6.07, 6.45) is 13.6. The summed E-state index contributed by atoms with van der Waals surface area (Å²) < 4.78 is 0. The molecule has 2 N–H and O–H groups in total. The molecule has 0 aromatic carbocycles. The van der Waals surface area contributed by atoms with Gasteiger partial charge in [-0.25, -0.2) is 9.78 Å². The van der Waals surface area contributed by atoms with E-state index in [0.717, 1.165) is 87.8 Å². The molecule has 5 rings (SSSR count). The number of thiophene rings is 1. The topological polar surface area (TPSA) is 99.2 Å². The van der Waals surface area contributed by atoms with E-state index in [2.05, 4.69) is 42.0 Å². The van der Waals surface area contributed by atoms with Crippen molar-refractivity contribution < 1.29 is 14.7 Å². The summed E-state index contributed by atoms with van der Waals surface area (Å²) in [4.78, 5) is 34.5. The number of amides is 1. The Morgan fingerprint density at radius 2 is 1.68 bits per heavy atom. The molecule has 3 fully saturated rings. The number of carbonyl (C=O) groups is 2. The first-order chi connectivity index (χ1) is 17.7. The predicted octanol–water partition coefficient (Wildman–Crippen LogP) is 7.13.